The molecule has 1 heterocycles. The molecule has 0 radical (unpaired) electrons. The number of nitrogens with zero attached hydrogens (tertiary/aromatic N) is 1. The van der Waals surface area contributed by atoms with E-state index < -0.39 is 0 Å². The standard InChI is InChI=1S/C17H14ClNO3/c1-22-17(21)13-4-7-15-12(10-13)8-9-19(15)16(20)11-2-5-14(18)6-3-11/h2-7,10H,8-9H2,1H3. The number of hydrogen-bond donors (Lipinski definition) is 0. The third-order valence-corrected chi connectivity index (χ3v) is 3.98. The molecule has 0 saturated carbocycles. The molecule has 22 heavy (non-hydrogen) atoms. The van der Waals surface area contributed by atoms with E-state index in [9.17, 15) is 9.59 Å². The highest BCUT2D eigenvalue weighted by molar-refractivity contribution is 6.30. The minimum Gasteiger partial charge on any atom is -0.465 e. The van der Waals surface area contributed by atoms with Crippen molar-refractivity contribution in [1.82, 2.24) is 0 Å². The fourth-order valence-corrected chi connectivity index (χ4v) is 2.73. The van der Waals surface area contributed by atoms with Crippen LogP contribution in [0, 0.1) is 0 Å². The van der Waals surface area contributed by atoms with Crippen molar-refractivity contribution in [3.05, 3.63) is 64.2 Å². The van der Waals surface area contributed by atoms with Gasteiger partial charge < -0.3 is 9.64 Å². The molecular weight excluding hydrogens is 302 g/mol. The fraction of sp³-hybridized carbons (Fsp3) is 0.176. The fourth-order valence-electron chi connectivity index (χ4n) is 2.61. The highest BCUT2D eigenvalue weighted by atomic mass is 35.5. The summed E-state index contributed by atoms with van der Waals surface area (Å²) in [6, 6.07) is 12.1. The van der Waals surface area contributed by atoms with Crippen molar-refractivity contribution in [2.45, 2.75) is 6.42 Å². The lowest BCUT2D eigenvalue weighted by Crippen LogP contribution is -2.28. The predicted octanol–water partition coefficient (Wildman–Crippen LogP) is 3.33. The molecule has 1 aliphatic rings. The Kier molecular flexibility index (Phi) is 3.86. The van der Waals surface area contributed by atoms with Crippen LogP contribution in [0.4, 0.5) is 5.69 Å². The van der Waals surface area contributed by atoms with Gasteiger partial charge in [-0.1, -0.05) is 11.6 Å². The van der Waals surface area contributed by atoms with E-state index in [0.29, 0.717) is 22.7 Å². The first-order chi connectivity index (χ1) is 10.6. The van der Waals surface area contributed by atoms with E-state index >= 15 is 0 Å². The van der Waals surface area contributed by atoms with Gasteiger partial charge in [0.25, 0.3) is 5.91 Å². The SMILES string of the molecule is COC(=O)c1ccc2c(c1)CCN2C(=O)c1ccc(Cl)cc1. The van der Waals surface area contributed by atoms with Crippen LogP contribution in [0.3, 0.4) is 0 Å². The van der Waals surface area contributed by atoms with Gasteiger partial charge in [0, 0.05) is 22.8 Å². The Balaban J connectivity index is 1.89. The summed E-state index contributed by atoms with van der Waals surface area (Å²) in [6.07, 6.45) is 0.722. The Bertz CT molecular complexity index is 740. The summed E-state index contributed by atoms with van der Waals surface area (Å²) in [4.78, 5) is 25.9. The molecule has 0 spiro atoms. The Morgan fingerprint density at radius 3 is 2.45 bits per heavy atom. The average Bonchev–Trinajstić information content (AvgIpc) is 2.97. The summed E-state index contributed by atoms with van der Waals surface area (Å²) >= 11 is 5.85. The average molecular weight is 316 g/mol. The number of rotatable bonds is 2. The molecule has 0 fully saturated rings. The first-order valence-electron chi connectivity index (χ1n) is 6.89. The van der Waals surface area contributed by atoms with Crippen molar-refractivity contribution in [2.24, 2.45) is 0 Å². The molecule has 0 atom stereocenters. The molecule has 0 saturated heterocycles. The molecule has 4 nitrogen and oxygen atoms in total. The molecule has 5 heteroatoms. The number of amides is 1. The Morgan fingerprint density at radius 2 is 1.77 bits per heavy atom. The molecule has 2 aromatic carbocycles. The summed E-state index contributed by atoms with van der Waals surface area (Å²) in [5.74, 6) is -0.438. The van der Waals surface area contributed by atoms with Gasteiger partial charge in [-0.2, -0.15) is 0 Å². The van der Waals surface area contributed by atoms with E-state index in [-0.39, 0.29) is 11.9 Å². The number of esters is 1. The van der Waals surface area contributed by atoms with Gasteiger partial charge in [-0.05, 0) is 54.4 Å². The zero-order chi connectivity index (χ0) is 15.7. The molecule has 0 bridgehead atoms. The largest absolute Gasteiger partial charge is 0.465 e. The van der Waals surface area contributed by atoms with Crippen LogP contribution < -0.4 is 4.90 Å². The van der Waals surface area contributed by atoms with Gasteiger partial charge in [0.1, 0.15) is 0 Å². The summed E-state index contributed by atoms with van der Waals surface area (Å²) in [6.45, 7) is 0.599. The van der Waals surface area contributed by atoms with Gasteiger partial charge in [0.2, 0.25) is 0 Å². The number of ether oxygens (including phenoxy) is 1. The van der Waals surface area contributed by atoms with Crippen LogP contribution in [0.2, 0.25) is 5.02 Å². The van der Waals surface area contributed by atoms with Gasteiger partial charge in [-0.3, -0.25) is 4.79 Å². The second-order valence-corrected chi connectivity index (χ2v) is 5.49. The Morgan fingerprint density at radius 1 is 1.09 bits per heavy atom. The van der Waals surface area contributed by atoms with Gasteiger partial charge in [0.15, 0.2) is 0 Å². The molecule has 112 valence electrons. The van der Waals surface area contributed by atoms with Crippen LogP contribution in [0.5, 0.6) is 0 Å². The highest BCUT2D eigenvalue weighted by Crippen LogP contribution is 2.30. The van der Waals surface area contributed by atoms with E-state index in [2.05, 4.69) is 0 Å². The van der Waals surface area contributed by atoms with E-state index in [1.54, 1.807) is 47.4 Å². The molecule has 0 aromatic heterocycles. The third-order valence-electron chi connectivity index (χ3n) is 3.73. The van der Waals surface area contributed by atoms with E-state index in [0.717, 1.165) is 17.7 Å². The minimum absolute atomic E-state index is 0.0683. The maximum Gasteiger partial charge on any atom is 0.337 e. The maximum atomic E-state index is 12.6. The van der Waals surface area contributed by atoms with Crippen molar-refractivity contribution in [3.8, 4) is 0 Å². The van der Waals surface area contributed by atoms with Crippen LogP contribution in [0.25, 0.3) is 0 Å². The zero-order valence-corrected chi connectivity index (χ0v) is 12.8. The third kappa shape index (κ3) is 2.57. The number of halogens is 1. The smallest absolute Gasteiger partial charge is 0.337 e. The van der Waals surface area contributed by atoms with Crippen LogP contribution in [-0.2, 0) is 11.2 Å². The monoisotopic (exact) mass is 315 g/mol. The number of carbonyl (C=O) groups excluding carboxylic acids is 2. The molecule has 3 rings (SSSR count). The number of methoxy groups -OCH3 is 1. The summed E-state index contributed by atoms with van der Waals surface area (Å²) in [7, 11) is 1.35. The van der Waals surface area contributed by atoms with Gasteiger partial charge >= 0.3 is 5.97 Å². The first kappa shape index (κ1) is 14.6. The molecule has 0 unspecified atom stereocenters. The number of carbonyl (C=O) groups is 2. The summed E-state index contributed by atoms with van der Waals surface area (Å²) in [5, 5.41) is 0.598. The molecular formula is C17H14ClNO3. The van der Waals surface area contributed by atoms with Crippen LogP contribution in [0.15, 0.2) is 42.5 Å². The molecule has 2 aromatic rings. The lowest BCUT2D eigenvalue weighted by Gasteiger charge is -2.17. The van der Waals surface area contributed by atoms with E-state index in [1.165, 1.54) is 7.11 Å². The minimum atomic E-state index is -0.370. The summed E-state index contributed by atoms with van der Waals surface area (Å²) < 4.78 is 4.72. The maximum absolute atomic E-state index is 12.6. The van der Waals surface area contributed by atoms with E-state index in [4.69, 9.17) is 16.3 Å². The van der Waals surface area contributed by atoms with Crippen molar-refractivity contribution >= 4 is 29.2 Å². The number of hydrogen-bond acceptors (Lipinski definition) is 3. The van der Waals surface area contributed by atoms with Crippen molar-refractivity contribution in [1.29, 1.82) is 0 Å². The van der Waals surface area contributed by atoms with Crippen LogP contribution in [0.1, 0.15) is 26.3 Å². The molecule has 0 aliphatic carbocycles. The van der Waals surface area contributed by atoms with Crippen LogP contribution >= 0.6 is 11.6 Å². The zero-order valence-electron chi connectivity index (χ0n) is 12.0. The van der Waals surface area contributed by atoms with Crippen molar-refractivity contribution in [3.63, 3.8) is 0 Å². The van der Waals surface area contributed by atoms with Gasteiger partial charge in [-0.25, -0.2) is 4.79 Å². The lowest BCUT2D eigenvalue weighted by atomic mass is 10.1. The van der Waals surface area contributed by atoms with Crippen molar-refractivity contribution < 1.29 is 14.3 Å². The Hall–Kier alpha value is -2.33. The lowest BCUT2D eigenvalue weighted by molar-refractivity contribution is 0.0600. The van der Waals surface area contributed by atoms with Crippen LogP contribution in [-0.4, -0.2) is 25.5 Å². The molecule has 0 N–H and O–H groups in total. The quantitative estimate of drug-likeness (QED) is 0.799. The molecule has 1 aliphatic heterocycles. The van der Waals surface area contributed by atoms with Crippen molar-refractivity contribution in [2.75, 3.05) is 18.6 Å². The number of anilines is 1. The first-order valence-corrected chi connectivity index (χ1v) is 7.26. The summed E-state index contributed by atoms with van der Waals surface area (Å²) in [5.41, 5.74) is 2.91. The topological polar surface area (TPSA) is 46.6 Å². The second-order valence-electron chi connectivity index (χ2n) is 5.05. The Labute approximate surface area is 133 Å². The highest BCUT2D eigenvalue weighted by Gasteiger charge is 2.26. The second kappa shape index (κ2) is 5.81. The normalized spacial score (nSPS) is 12.9. The predicted molar refractivity (Wildman–Crippen MR) is 84.6 cm³/mol. The number of fused-ring (bicyclic) bond motifs is 1. The van der Waals surface area contributed by atoms with E-state index in [1.807, 2.05) is 0 Å². The van der Waals surface area contributed by atoms with Gasteiger partial charge in [-0.15, -0.1) is 0 Å². The van der Waals surface area contributed by atoms with Gasteiger partial charge in [0.05, 0.1) is 12.7 Å². The number of benzene rings is 2. The molecule has 1 amide bonds.